The molecule has 1 saturated heterocycles. The van der Waals surface area contributed by atoms with Gasteiger partial charge in [-0.25, -0.2) is 4.99 Å². The number of carbonyl (C=O) groups excluding carboxylic acids is 1. The Morgan fingerprint density at radius 2 is 1.85 bits per heavy atom. The van der Waals surface area contributed by atoms with Crippen LogP contribution < -0.4 is 14.8 Å². The summed E-state index contributed by atoms with van der Waals surface area (Å²) < 4.78 is 12.0. The molecule has 0 aromatic heterocycles. The quantitative estimate of drug-likeness (QED) is 0.239. The predicted molar refractivity (Wildman–Crippen MR) is 144 cm³/mol. The smallest absolute Gasteiger partial charge is 0.264 e. The maximum atomic E-state index is 12.4. The lowest BCUT2D eigenvalue weighted by Gasteiger charge is -2.10. The van der Waals surface area contributed by atoms with Crippen molar-refractivity contribution in [1.82, 2.24) is 5.32 Å². The van der Waals surface area contributed by atoms with Crippen molar-refractivity contribution in [3.8, 4) is 11.5 Å². The minimum atomic E-state index is -0.179. The van der Waals surface area contributed by atoms with E-state index in [1.54, 1.807) is 19.2 Å². The van der Waals surface area contributed by atoms with Gasteiger partial charge in [-0.2, -0.15) is 0 Å². The van der Waals surface area contributed by atoms with Crippen molar-refractivity contribution < 1.29 is 14.3 Å². The molecular formula is C24H17Cl2IN2O3S. The van der Waals surface area contributed by atoms with Crippen LogP contribution in [-0.2, 0) is 11.4 Å². The maximum Gasteiger partial charge on any atom is 0.264 e. The van der Waals surface area contributed by atoms with Crippen LogP contribution in [0.4, 0.5) is 5.69 Å². The van der Waals surface area contributed by atoms with E-state index in [9.17, 15) is 4.79 Å². The van der Waals surface area contributed by atoms with E-state index >= 15 is 0 Å². The number of amides is 1. The summed E-state index contributed by atoms with van der Waals surface area (Å²) in [7, 11) is 1.61. The van der Waals surface area contributed by atoms with Gasteiger partial charge >= 0.3 is 0 Å². The highest BCUT2D eigenvalue weighted by Crippen LogP contribution is 2.31. The van der Waals surface area contributed by atoms with Crippen molar-refractivity contribution in [1.29, 1.82) is 0 Å². The van der Waals surface area contributed by atoms with E-state index in [1.807, 2.05) is 54.6 Å². The SMILES string of the molecule is COc1ccc(N=C2NC(=O)/C(=C\c3ccc(OCc4ccc(Cl)c(Cl)c4)c(I)c3)S2)cc1. The third-order valence-corrected chi connectivity index (χ3v) is 7.08. The fourth-order valence-corrected chi connectivity index (χ4v) is 4.78. The van der Waals surface area contributed by atoms with E-state index in [-0.39, 0.29) is 5.91 Å². The number of halogens is 3. The van der Waals surface area contributed by atoms with Gasteiger partial charge in [-0.05, 0) is 100 Å². The number of hydrogen-bond donors (Lipinski definition) is 1. The maximum absolute atomic E-state index is 12.4. The number of carbonyl (C=O) groups is 1. The van der Waals surface area contributed by atoms with E-state index < -0.39 is 0 Å². The third-order valence-electron chi connectivity index (χ3n) is 4.59. The molecule has 0 saturated carbocycles. The molecule has 0 spiro atoms. The normalized spacial score (nSPS) is 15.7. The van der Waals surface area contributed by atoms with Gasteiger partial charge in [-0.15, -0.1) is 0 Å². The second-order valence-corrected chi connectivity index (χ2v) is 9.91. The Bertz CT molecular complexity index is 1260. The average molecular weight is 611 g/mol. The van der Waals surface area contributed by atoms with Crippen molar-refractivity contribution in [3.05, 3.63) is 90.3 Å². The Labute approximate surface area is 219 Å². The lowest BCUT2D eigenvalue weighted by molar-refractivity contribution is -0.115. The largest absolute Gasteiger partial charge is 0.497 e. The van der Waals surface area contributed by atoms with Crippen LogP contribution in [0.2, 0.25) is 10.0 Å². The first-order valence-corrected chi connectivity index (χ1v) is 12.4. The van der Waals surface area contributed by atoms with Crippen molar-refractivity contribution in [3.63, 3.8) is 0 Å². The number of ether oxygens (including phenoxy) is 2. The summed E-state index contributed by atoms with van der Waals surface area (Å²) >= 11 is 15.5. The molecule has 0 bridgehead atoms. The summed E-state index contributed by atoms with van der Waals surface area (Å²) in [5.41, 5.74) is 2.55. The number of amidine groups is 1. The molecule has 1 fully saturated rings. The van der Waals surface area contributed by atoms with Crippen LogP contribution in [0.15, 0.2) is 70.6 Å². The number of benzene rings is 3. The summed E-state index contributed by atoms with van der Waals surface area (Å²) in [6.45, 7) is 0.372. The Kier molecular flexibility index (Phi) is 7.85. The van der Waals surface area contributed by atoms with E-state index in [4.69, 9.17) is 32.7 Å². The summed E-state index contributed by atoms with van der Waals surface area (Å²) in [5, 5.41) is 4.35. The predicted octanol–water partition coefficient (Wildman–Crippen LogP) is 7.08. The summed E-state index contributed by atoms with van der Waals surface area (Å²) in [6.07, 6.45) is 1.83. The highest BCUT2D eigenvalue weighted by Gasteiger charge is 2.24. The number of nitrogens with zero attached hydrogens (tertiary/aromatic N) is 1. The molecule has 3 aromatic rings. The molecule has 168 valence electrons. The molecule has 0 aliphatic carbocycles. The summed E-state index contributed by atoms with van der Waals surface area (Å²) in [4.78, 5) is 17.5. The van der Waals surface area contributed by atoms with Crippen LogP contribution in [0.5, 0.6) is 11.5 Å². The molecule has 1 heterocycles. The van der Waals surface area contributed by atoms with E-state index in [2.05, 4.69) is 32.9 Å². The number of rotatable bonds is 6. The minimum Gasteiger partial charge on any atom is -0.497 e. The Morgan fingerprint density at radius 3 is 2.55 bits per heavy atom. The van der Waals surface area contributed by atoms with Gasteiger partial charge in [0.05, 0.1) is 31.3 Å². The molecular weight excluding hydrogens is 594 g/mol. The van der Waals surface area contributed by atoms with Gasteiger partial charge in [-0.1, -0.05) is 35.3 Å². The van der Waals surface area contributed by atoms with Gasteiger partial charge in [0.2, 0.25) is 0 Å². The monoisotopic (exact) mass is 610 g/mol. The van der Waals surface area contributed by atoms with Crippen molar-refractivity contribution in [2.24, 2.45) is 4.99 Å². The van der Waals surface area contributed by atoms with Crippen LogP contribution >= 0.6 is 57.6 Å². The number of methoxy groups -OCH3 is 1. The molecule has 4 rings (SSSR count). The van der Waals surface area contributed by atoms with Crippen molar-refractivity contribution in [2.75, 3.05) is 7.11 Å². The topological polar surface area (TPSA) is 59.9 Å². The standard InChI is InChI=1S/C24H17Cl2IN2O3S/c1-31-17-6-4-16(5-7-17)28-24-29-23(30)22(33-24)12-14-3-9-21(20(27)11-14)32-13-15-2-8-18(25)19(26)10-15/h2-12H,13H2,1H3,(H,28,29,30)/b22-12+. The third kappa shape index (κ3) is 6.23. The van der Waals surface area contributed by atoms with Gasteiger partial charge in [0.15, 0.2) is 5.17 Å². The van der Waals surface area contributed by atoms with Crippen molar-refractivity contribution >= 4 is 80.4 Å². The van der Waals surface area contributed by atoms with Crippen LogP contribution in [0, 0.1) is 3.57 Å². The first kappa shape index (κ1) is 23.9. The molecule has 0 radical (unpaired) electrons. The summed E-state index contributed by atoms with van der Waals surface area (Å²) in [6, 6.07) is 18.5. The van der Waals surface area contributed by atoms with Crippen LogP contribution in [0.1, 0.15) is 11.1 Å². The van der Waals surface area contributed by atoms with Gasteiger partial charge in [0, 0.05) is 0 Å². The number of nitrogens with one attached hydrogen (secondary N) is 1. The van der Waals surface area contributed by atoms with Gasteiger partial charge in [-0.3, -0.25) is 4.79 Å². The molecule has 0 unspecified atom stereocenters. The molecule has 1 amide bonds. The highest BCUT2D eigenvalue weighted by atomic mass is 127. The number of aliphatic imine (C=N–C) groups is 1. The number of hydrogen-bond acceptors (Lipinski definition) is 5. The van der Waals surface area contributed by atoms with E-state index in [0.29, 0.717) is 26.7 Å². The lowest BCUT2D eigenvalue weighted by Crippen LogP contribution is -2.19. The van der Waals surface area contributed by atoms with Gasteiger partial charge < -0.3 is 14.8 Å². The zero-order valence-electron chi connectivity index (χ0n) is 17.3. The highest BCUT2D eigenvalue weighted by molar-refractivity contribution is 14.1. The Hall–Kier alpha value is -2.20. The molecule has 0 atom stereocenters. The fraction of sp³-hybridized carbons (Fsp3) is 0.0833. The zero-order chi connectivity index (χ0) is 23.4. The molecule has 3 aromatic carbocycles. The van der Waals surface area contributed by atoms with Gasteiger partial charge in [0.1, 0.15) is 18.1 Å². The molecule has 1 aliphatic rings. The molecule has 1 aliphatic heterocycles. The Balaban J connectivity index is 1.43. The van der Waals surface area contributed by atoms with Gasteiger partial charge in [0.25, 0.3) is 5.91 Å². The molecule has 33 heavy (non-hydrogen) atoms. The van der Waals surface area contributed by atoms with Crippen LogP contribution in [0.25, 0.3) is 6.08 Å². The number of thioether (sulfide) groups is 1. The first-order chi connectivity index (χ1) is 15.9. The van der Waals surface area contributed by atoms with E-state index in [1.165, 1.54) is 11.8 Å². The zero-order valence-corrected chi connectivity index (χ0v) is 21.8. The average Bonchev–Trinajstić information content (AvgIpc) is 3.14. The second kappa shape index (κ2) is 10.8. The van der Waals surface area contributed by atoms with E-state index in [0.717, 1.165) is 31.9 Å². The fourth-order valence-electron chi connectivity index (χ4n) is 2.92. The first-order valence-electron chi connectivity index (χ1n) is 9.71. The molecule has 9 heteroatoms. The second-order valence-electron chi connectivity index (χ2n) is 6.91. The molecule has 1 N–H and O–H groups in total. The van der Waals surface area contributed by atoms with Crippen LogP contribution in [0.3, 0.4) is 0 Å². The summed E-state index contributed by atoms with van der Waals surface area (Å²) in [5.74, 6) is 1.32. The minimum absolute atomic E-state index is 0.179. The molecule has 5 nitrogen and oxygen atoms in total. The lowest BCUT2D eigenvalue weighted by atomic mass is 10.2. The van der Waals surface area contributed by atoms with Crippen molar-refractivity contribution in [2.45, 2.75) is 6.61 Å². The van der Waals surface area contributed by atoms with Crippen LogP contribution in [-0.4, -0.2) is 18.2 Å². The Morgan fingerprint density at radius 1 is 1.06 bits per heavy atom.